The summed E-state index contributed by atoms with van der Waals surface area (Å²) in [6.07, 6.45) is 1.36. The molecule has 0 fully saturated rings. The Balaban J connectivity index is 2.63. The van der Waals surface area contributed by atoms with Gasteiger partial charge in [-0.2, -0.15) is 5.10 Å². The number of halogens is 1. The molecule has 2 rings (SSSR count). The lowest BCUT2D eigenvalue weighted by Gasteiger charge is -1.99. The van der Waals surface area contributed by atoms with E-state index >= 15 is 0 Å². The second kappa shape index (κ2) is 3.48. The molecule has 6 nitrogen and oxygen atoms in total. The summed E-state index contributed by atoms with van der Waals surface area (Å²) in [5, 5.41) is 6.31. The predicted octanol–water partition coefficient (Wildman–Crippen LogP) is 0.468. The van der Waals surface area contributed by atoms with Crippen LogP contribution in [0.4, 0.5) is 0 Å². The lowest BCUT2D eigenvalue weighted by molar-refractivity contribution is 1.01. The van der Waals surface area contributed by atoms with Gasteiger partial charge in [-0.15, -0.1) is 0 Å². The lowest BCUT2D eigenvalue weighted by atomic mass is 10.4. The maximum absolute atomic E-state index is 11.4. The van der Waals surface area contributed by atoms with Crippen molar-refractivity contribution in [3.63, 3.8) is 0 Å². The van der Waals surface area contributed by atoms with Crippen LogP contribution in [0, 0.1) is 10.5 Å². The topological polar surface area (TPSA) is 87.3 Å². The molecule has 0 radical (unpaired) electrons. The van der Waals surface area contributed by atoms with Gasteiger partial charge in [0.05, 0.1) is 9.26 Å². The van der Waals surface area contributed by atoms with Gasteiger partial charge in [0.25, 0.3) is 5.56 Å². The summed E-state index contributed by atoms with van der Waals surface area (Å²) in [6, 6.07) is 0. The molecule has 72 valence electrons. The molecular weight excluding hydrogens is 297 g/mol. The van der Waals surface area contributed by atoms with E-state index in [9.17, 15) is 4.79 Å². The molecule has 0 saturated heterocycles. The molecular formula is C7H6IN5O. The van der Waals surface area contributed by atoms with Crippen molar-refractivity contribution in [2.75, 3.05) is 0 Å². The number of nitrogens with one attached hydrogen (secondary N) is 2. The minimum Gasteiger partial charge on any atom is -0.303 e. The van der Waals surface area contributed by atoms with Crippen LogP contribution in [0.1, 0.15) is 5.69 Å². The van der Waals surface area contributed by atoms with Crippen molar-refractivity contribution in [2.45, 2.75) is 6.92 Å². The zero-order valence-electron chi connectivity index (χ0n) is 7.21. The molecule has 0 bridgehead atoms. The van der Waals surface area contributed by atoms with Gasteiger partial charge >= 0.3 is 0 Å². The van der Waals surface area contributed by atoms with Crippen molar-refractivity contribution in [1.82, 2.24) is 25.1 Å². The van der Waals surface area contributed by atoms with Gasteiger partial charge in [0, 0.05) is 0 Å². The molecule has 0 aromatic carbocycles. The number of aromatic nitrogens is 5. The van der Waals surface area contributed by atoms with Gasteiger partial charge in [-0.3, -0.25) is 9.89 Å². The van der Waals surface area contributed by atoms with Crippen molar-refractivity contribution >= 4 is 22.6 Å². The summed E-state index contributed by atoms with van der Waals surface area (Å²) in [7, 11) is 0. The van der Waals surface area contributed by atoms with Crippen molar-refractivity contribution in [3.8, 4) is 11.6 Å². The molecule has 0 saturated carbocycles. The highest BCUT2D eigenvalue weighted by molar-refractivity contribution is 14.1. The second-order valence-electron chi connectivity index (χ2n) is 2.65. The molecule has 7 heteroatoms. The van der Waals surface area contributed by atoms with Crippen LogP contribution in [0.3, 0.4) is 0 Å². The second-order valence-corrected chi connectivity index (χ2v) is 3.73. The number of nitrogens with zero attached hydrogens (tertiary/aromatic N) is 3. The first-order valence-electron chi connectivity index (χ1n) is 3.80. The van der Waals surface area contributed by atoms with Crippen molar-refractivity contribution in [2.24, 2.45) is 0 Å². The molecule has 0 aliphatic carbocycles. The molecule has 14 heavy (non-hydrogen) atoms. The Morgan fingerprint density at radius 2 is 2.21 bits per heavy atom. The highest BCUT2D eigenvalue weighted by Gasteiger charge is 2.08. The third-order valence-corrected chi connectivity index (χ3v) is 2.94. The Bertz CT molecular complexity index is 503. The minimum absolute atomic E-state index is 0.162. The van der Waals surface area contributed by atoms with E-state index in [2.05, 4.69) is 25.1 Å². The normalized spacial score (nSPS) is 10.4. The van der Waals surface area contributed by atoms with Crippen LogP contribution >= 0.6 is 22.6 Å². The van der Waals surface area contributed by atoms with E-state index in [0.717, 1.165) is 0 Å². The number of H-pyrrole nitrogens is 2. The van der Waals surface area contributed by atoms with Gasteiger partial charge in [0.2, 0.25) is 0 Å². The summed E-state index contributed by atoms with van der Waals surface area (Å²) in [5.74, 6) is 0.868. The average molecular weight is 303 g/mol. The summed E-state index contributed by atoms with van der Waals surface area (Å²) in [4.78, 5) is 22.1. The first-order valence-corrected chi connectivity index (χ1v) is 4.88. The third-order valence-electron chi connectivity index (χ3n) is 1.67. The standard InChI is InChI=1S/C7H6IN5O/c1-3-4(8)7(14)12-6(11-3)5-9-2-10-13-5/h2H,1H3,(H,9,10,13)(H,11,12,14). The summed E-state index contributed by atoms with van der Waals surface area (Å²) < 4.78 is 0.589. The zero-order valence-corrected chi connectivity index (χ0v) is 9.36. The van der Waals surface area contributed by atoms with Gasteiger partial charge in [0.1, 0.15) is 6.33 Å². The van der Waals surface area contributed by atoms with Gasteiger partial charge in [-0.05, 0) is 29.5 Å². The Kier molecular flexibility index (Phi) is 2.32. The Morgan fingerprint density at radius 1 is 1.43 bits per heavy atom. The van der Waals surface area contributed by atoms with E-state index < -0.39 is 0 Å². The SMILES string of the molecule is Cc1nc(-c2ncn[nH]2)[nH]c(=O)c1I. The Morgan fingerprint density at radius 3 is 2.79 bits per heavy atom. The first-order chi connectivity index (χ1) is 6.68. The van der Waals surface area contributed by atoms with E-state index in [1.165, 1.54) is 6.33 Å². The third kappa shape index (κ3) is 1.54. The Hall–Kier alpha value is -1.25. The maximum Gasteiger partial charge on any atom is 0.264 e. The van der Waals surface area contributed by atoms with Crippen LogP contribution in [0.25, 0.3) is 11.6 Å². The van der Waals surface area contributed by atoms with Crippen LogP contribution in [-0.4, -0.2) is 25.1 Å². The largest absolute Gasteiger partial charge is 0.303 e. The fraction of sp³-hybridized carbons (Fsp3) is 0.143. The zero-order chi connectivity index (χ0) is 10.1. The molecule has 0 atom stereocenters. The van der Waals surface area contributed by atoms with Crippen molar-refractivity contribution < 1.29 is 0 Å². The van der Waals surface area contributed by atoms with Crippen LogP contribution in [0.15, 0.2) is 11.1 Å². The summed E-state index contributed by atoms with van der Waals surface area (Å²) in [6.45, 7) is 1.77. The van der Waals surface area contributed by atoms with E-state index in [-0.39, 0.29) is 5.56 Å². The summed E-state index contributed by atoms with van der Waals surface area (Å²) >= 11 is 1.95. The molecule has 0 aliphatic rings. The monoisotopic (exact) mass is 303 g/mol. The lowest BCUT2D eigenvalue weighted by Crippen LogP contribution is -2.14. The number of aromatic amines is 2. The molecule has 0 amide bonds. The minimum atomic E-state index is -0.162. The van der Waals surface area contributed by atoms with E-state index in [0.29, 0.717) is 20.9 Å². The molecule has 2 aromatic rings. The van der Waals surface area contributed by atoms with Crippen LogP contribution in [0.2, 0.25) is 0 Å². The van der Waals surface area contributed by atoms with Gasteiger partial charge in [-0.25, -0.2) is 9.97 Å². The molecule has 2 aromatic heterocycles. The van der Waals surface area contributed by atoms with Crippen LogP contribution < -0.4 is 5.56 Å². The first kappa shape index (κ1) is 9.31. The molecule has 2 heterocycles. The Labute approximate surface area is 92.3 Å². The number of hydrogen-bond donors (Lipinski definition) is 2. The number of hydrogen-bond acceptors (Lipinski definition) is 4. The highest BCUT2D eigenvalue weighted by Crippen LogP contribution is 2.08. The smallest absolute Gasteiger partial charge is 0.264 e. The molecule has 2 N–H and O–H groups in total. The quantitative estimate of drug-likeness (QED) is 0.750. The number of rotatable bonds is 1. The van der Waals surface area contributed by atoms with Gasteiger partial charge in [-0.1, -0.05) is 0 Å². The molecule has 0 unspecified atom stereocenters. The average Bonchev–Trinajstić information content (AvgIpc) is 2.66. The van der Waals surface area contributed by atoms with Gasteiger partial charge in [0.15, 0.2) is 11.6 Å². The molecule has 0 aliphatic heterocycles. The van der Waals surface area contributed by atoms with Crippen LogP contribution in [-0.2, 0) is 0 Å². The predicted molar refractivity (Wildman–Crippen MR) is 57.7 cm³/mol. The fourth-order valence-corrected chi connectivity index (χ4v) is 1.26. The van der Waals surface area contributed by atoms with E-state index in [1.807, 2.05) is 22.6 Å². The van der Waals surface area contributed by atoms with Crippen molar-refractivity contribution in [1.29, 1.82) is 0 Å². The highest BCUT2D eigenvalue weighted by atomic mass is 127. The fourth-order valence-electron chi connectivity index (χ4n) is 1.00. The van der Waals surface area contributed by atoms with Crippen LogP contribution in [0.5, 0.6) is 0 Å². The number of aryl methyl sites for hydroxylation is 1. The maximum atomic E-state index is 11.4. The van der Waals surface area contributed by atoms with E-state index in [4.69, 9.17) is 0 Å². The van der Waals surface area contributed by atoms with Crippen molar-refractivity contribution in [3.05, 3.63) is 25.9 Å². The molecule has 0 spiro atoms. The summed E-state index contributed by atoms with van der Waals surface area (Å²) in [5.41, 5.74) is 0.519. The van der Waals surface area contributed by atoms with Gasteiger partial charge < -0.3 is 4.98 Å². The van der Waals surface area contributed by atoms with E-state index in [1.54, 1.807) is 6.92 Å².